The fourth-order valence-electron chi connectivity index (χ4n) is 2.13. The van der Waals surface area contributed by atoms with Gasteiger partial charge in [-0.25, -0.2) is 5.48 Å². The van der Waals surface area contributed by atoms with Crippen molar-refractivity contribution in [1.82, 2.24) is 5.48 Å². The normalized spacial score (nSPS) is 10.8. The van der Waals surface area contributed by atoms with E-state index in [-0.39, 0.29) is 12.4 Å². The Labute approximate surface area is 156 Å². The molecule has 0 heterocycles. The van der Waals surface area contributed by atoms with E-state index >= 15 is 0 Å². The van der Waals surface area contributed by atoms with Crippen molar-refractivity contribution in [2.75, 3.05) is 13.7 Å². The van der Waals surface area contributed by atoms with E-state index in [1.54, 1.807) is 19.1 Å². The van der Waals surface area contributed by atoms with Gasteiger partial charge in [-0.2, -0.15) is 0 Å². The van der Waals surface area contributed by atoms with E-state index in [1.807, 2.05) is 6.08 Å². The van der Waals surface area contributed by atoms with Crippen molar-refractivity contribution < 1.29 is 24.3 Å². The molecule has 0 bridgehead atoms. The average Bonchev–Trinajstić information content (AvgIpc) is 2.64. The summed E-state index contributed by atoms with van der Waals surface area (Å²) in [4.78, 5) is 22.2. The van der Waals surface area contributed by atoms with Crippen molar-refractivity contribution in [3.63, 3.8) is 0 Å². The van der Waals surface area contributed by atoms with E-state index in [4.69, 9.17) is 14.7 Å². The third-order valence-electron chi connectivity index (χ3n) is 3.79. The predicted octanol–water partition coefficient (Wildman–Crippen LogP) is 4.09. The van der Waals surface area contributed by atoms with Crippen LogP contribution in [0.4, 0.5) is 0 Å². The number of hydrogen-bond donors (Lipinski definition) is 2. The number of benzene rings is 1. The topological polar surface area (TPSA) is 84.9 Å². The monoisotopic (exact) mass is 365 g/mol. The van der Waals surface area contributed by atoms with Crippen LogP contribution in [0, 0.1) is 12.8 Å². The molecule has 1 atom stereocenters. The first-order chi connectivity index (χ1) is 12.3. The number of unbranched alkanes of at least 4 members (excludes halogenated alkanes) is 1. The van der Waals surface area contributed by atoms with Crippen molar-refractivity contribution in [3.8, 4) is 11.5 Å². The number of allylic oxidation sites excluding steroid dienone is 1. The number of hydroxylamine groups is 1. The summed E-state index contributed by atoms with van der Waals surface area (Å²) in [5.74, 6) is 0.658. The lowest BCUT2D eigenvalue weighted by molar-refractivity contribution is -0.131. The van der Waals surface area contributed by atoms with Crippen LogP contribution in [-0.2, 0) is 4.79 Å². The fraction of sp³-hybridized carbons (Fsp3) is 0.500. The number of Topliss-reactive ketones (excluding diaryl/α,β-unsaturated/α-hetero) is 1. The maximum atomic E-state index is 11.4. The van der Waals surface area contributed by atoms with Gasteiger partial charge in [0.1, 0.15) is 0 Å². The molecule has 1 unspecified atom stereocenters. The van der Waals surface area contributed by atoms with E-state index in [0.717, 1.165) is 11.5 Å². The zero-order valence-corrected chi connectivity index (χ0v) is 16.4. The van der Waals surface area contributed by atoms with Gasteiger partial charge in [0.15, 0.2) is 23.9 Å². The first-order valence-electron chi connectivity index (χ1n) is 8.68. The summed E-state index contributed by atoms with van der Waals surface area (Å²) in [6.07, 6.45) is 5.97. The van der Waals surface area contributed by atoms with Gasteiger partial charge < -0.3 is 9.47 Å². The van der Waals surface area contributed by atoms with Gasteiger partial charge in [-0.3, -0.25) is 14.8 Å². The summed E-state index contributed by atoms with van der Waals surface area (Å²) in [6, 6.07) is 3.17. The number of amides is 1. The molecule has 0 spiro atoms. The second-order valence-corrected chi connectivity index (χ2v) is 6.05. The molecule has 6 nitrogen and oxygen atoms in total. The molecule has 2 N–H and O–H groups in total. The summed E-state index contributed by atoms with van der Waals surface area (Å²) in [5, 5.41) is 8.36. The van der Waals surface area contributed by atoms with Crippen LogP contribution in [0.1, 0.15) is 56.0 Å². The molecule has 0 radical (unpaired) electrons. The number of nitrogens with one attached hydrogen (secondary N) is 1. The molecule has 1 amide bonds. The van der Waals surface area contributed by atoms with Gasteiger partial charge in [-0.1, -0.05) is 32.8 Å². The minimum absolute atomic E-state index is 0.0783. The molecule has 1 aromatic rings. The molecular weight excluding hydrogens is 334 g/mol. The molecule has 26 heavy (non-hydrogen) atoms. The Balaban J connectivity index is 0.000000660. The number of rotatable bonds is 9. The van der Waals surface area contributed by atoms with Crippen molar-refractivity contribution in [2.45, 2.75) is 47.0 Å². The number of methoxy groups -OCH3 is 1. The second kappa shape index (κ2) is 12.9. The molecule has 1 aromatic carbocycles. The van der Waals surface area contributed by atoms with E-state index in [1.165, 1.54) is 38.8 Å². The van der Waals surface area contributed by atoms with Crippen LogP contribution in [0.2, 0.25) is 0 Å². The predicted molar refractivity (Wildman–Crippen MR) is 102 cm³/mol. The standard InChI is InChI=1S/C12H15NO5.C8H16/c1-7-4-11(18-6-12(15)13-16)10(17-3)5-9(7)8(2)14;1-4-6-7-8(3)5-2/h4-5,16H,6H2,1-3H3,(H,13,15);5,8H,2,4,6-7H2,1,3H3. The maximum absolute atomic E-state index is 11.4. The molecule has 0 fully saturated rings. The van der Waals surface area contributed by atoms with Gasteiger partial charge >= 0.3 is 0 Å². The van der Waals surface area contributed by atoms with Gasteiger partial charge in [0.25, 0.3) is 5.91 Å². The van der Waals surface area contributed by atoms with Crippen molar-refractivity contribution in [3.05, 3.63) is 35.9 Å². The summed E-state index contributed by atoms with van der Waals surface area (Å²) in [5.41, 5.74) is 2.72. The second-order valence-electron chi connectivity index (χ2n) is 6.05. The maximum Gasteiger partial charge on any atom is 0.281 e. The van der Waals surface area contributed by atoms with Gasteiger partial charge in [0.2, 0.25) is 0 Å². The molecule has 6 heteroatoms. The Hall–Kier alpha value is -2.34. The Morgan fingerprint density at radius 3 is 2.46 bits per heavy atom. The van der Waals surface area contributed by atoms with Gasteiger partial charge in [0, 0.05) is 5.56 Å². The van der Waals surface area contributed by atoms with Gasteiger partial charge in [-0.05, 0) is 43.9 Å². The smallest absolute Gasteiger partial charge is 0.281 e. The lowest BCUT2D eigenvalue weighted by atomic mass is 10.0. The lowest BCUT2D eigenvalue weighted by Gasteiger charge is -2.12. The number of aryl methyl sites for hydroxylation is 1. The minimum atomic E-state index is -0.676. The summed E-state index contributed by atoms with van der Waals surface area (Å²) in [6.45, 7) is 11.0. The lowest BCUT2D eigenvalue weighted by Crippen LogP contribution is -2.25. The number of ketones is 1. The summed E-state index contributed by atoms with van der Waals surface area (Å²) >= 11 is 0. The van der Waals surface area contributed by atoms with Crippen LogP contribution in [0.25, 0.3) is 0 Å². The number of hydrogen-bond acceptors (Lipinski definition) is 5. The highest BCUT2D eigenvalue weighted by atomic mass is 16.5. The quantitative estimate of drug-likeness (QED) is 0.298. The Morgan fingerprint density at radius 2 is 2.00 bits per heavy atom. The number of carbonyl (C=O) groups excluding carboxylic acids is 2. The third-order valence-corrected chi connectivity index (χ3v) is 3.79. The molecular formula is C20H31NO5. The first kappa shape index (κ1) is 23.7. The van der Waals surface area contributed by atoms with Gasteiger partial charge in [-0.15, -0.1) is 6.58 Å². The van der Waals surface area contributed by atoms with Crippen molar-refractivity contribution in [1.29, 1.82) is 0 Å². The van der Waals surface area contributed by atoms with Crippen molar-refractivity contribution in [2.24, 2.45) is 5.92 Å². The zero-order valence-electron chi connectivity index (χ0n) is 16.4. The van der Waals surface area contributed by atoms with Gasteiger partial charge in [0.05, 0.1) is 7.11 Å². The molecule has 0 saturated heterocycles. The largest absolute Gasteiger partial charge is 0.493 e. The molecule has 146 valence electrons. The van der Waals surface area contributed by atoms with E-state index < -0.39 is 5.91 Å². The molecule has 0 saturated carbocycles. The first-order valence-corrected chi connectivity index (χ1v) is 8.68. The van der Waals surface area contributed by atoms with Crippen molar-refractivity contribution >= 4 is 11.7 Å². The molecule has 1 rings (SSSR count). The SMILES string of the molecule is C=CC(C)CCCC.COc1cc(C(C)=O)c(C)cc1OCC(=O)NO. The summed E-state index contributed by atoms with van der Waals surface area (Å²) < 4.78 is 10.3. The molecule has 0 aliphatic rings. The van der Waals surface area contributed by atoms with Crippen LogP contribution in [0.15, 0.2) is 24.8 Å². The van der Waals surface area contributed by atoms with E-state index in [9.17, 15) is 9.59 Å². The zero-order chi connectivity index (χ0) is 20.1. The van der Waals surface area contributed by atoms with Crippen LogP contribution < -0.4 is 15.0 Å². The molecule has 0 aromatic heterocycles. The van der Waals surface area contributed by atoms with Crippen LogP contribution in [0.3, 0.4) is 0 Å². The third kappa shape index (κ3) is 8.67. The molecule has 0 aliphatic heterocycles. The highest BCUT2D eigenvalue weighted by Crippen LogP contribution is 2.30. The van der Waals surface area contributed by atoms with E-state index in [2.05, 4.69) is 20.4 Å². The summed E-state index contributed by atoms with van der Waals surface area (Å²) in [7, 11) is 1.44. The number of ether oxygens (including phenoxy) is 2. The van der Waals surface area contributed by atoms with E-state index in [0.29, 0.717) is 17.1 Å². The number of carbonyl (C=O) groups is 2. The average molecular weight is 365 g/mol. The Kier molecular flexibility index (Phi) is 11.8. The highest BCUT2D eigenvalue weighted by molar-refractivity contribution is 5.96. The highest BCUT2D eigenvalue weighted by Gasteiger charge is 2.13. The Bertz CT molecular complexity index is 598. The van der Waals surface area contributed by atoms with Crippen LogP contribution >= 0.6 is 0 Å². The minimum Gasteiger partial charge on any atom is -0.493 e. The fourth-order valence-corrected chi connectivity index (χ4v) is 2.13. The van der Waals surface area contributed by atoms with Crippen LogP contribution in [-0.4, -0.2) is 30.6 Å². The Morgan fingerprint density at radius 1 is 1.35 bits per heavy atom. The van der Waals surface area contributed by atoms with Crippen LogP contribution in [0.5, 0.6) is 11.5 Å². The molecule has 0 aliphatic carbocycles.